The maximum Gasteiger partial charge on any atom is 0.0469 e. The Bertz CT molecular complexity index is 68.0. The maximum atomic E-state index is 8.64. The molecule has 1 aliphatic heterocycles. The molecule has 11 heavy (non-hydrogen) atoms. The van der Waals surface area contributed by atoms with Crippen LogP contribution in [0, 0.1) is 5.92 Å². The average Bonchev–Trinajstić information content (AvgIpc) is 2.08. The second-order valence-electron chi connectivity index (χ2n) is 2.95. The molecule has 1 rings (SSSR count). The van der Waals surface area contributed by atoms with Gasteiger partial charge in [-0.2, -0.15) is 0 Å². The Kier molecular flexibility index (Phi) is 7.96. The van der Waals surface area contributed by atoms with Gasteiger partial charge in [-0.15, -0.1) is 0 Å². The Morgan fingerprint density at radius 1 is 1.27 bits per heavy atom. The normalized spacial score (nSPS) is 18.8. The molecule has 68 valence electrons. The summed E-state index contributed by atoms with van der Waals surface area (Å²) in [6.07, 6.45) is 3.33. The first kappa shape index (κ1) is 10.9. The van der Waals surface area contributed by atoms with Crippen molar-refractivity contribution in [2.75, 3.05) is 19.8 Å². The van der Waals surface area contributed by atoms with Gasteiger partial charge >= 0.3 is 0 Å². The Hall–Kier alpha value is -0.0800. The smallest absolute Gasteiger partial charge is 0.0469 e. The van der Waals surface area contributed by atoms with Crippen molar-refractivity contribution in [3.63, 3.8) is 0 Å². The minimum absolute atomic E-state index is 0.337. The van der Waals surface area contributed by atoms with Crippen LogP contribution in [0.1, 0.15) is 33.1 Å². The molecule has 1 aliphatic rings. The second-order valence-corrected chi connectivity index (χ2v) is 2.95. The summed E-state index contributed by atoms with van der Waals surface area (Å²) in [7, 11) is 0. The first-order valence-corrected chi connectivity index (χ1v) is 4.53. The number of hydrogen-bond donors (Lipinski definition) is 1. The molecule has 2 heteroatoms. The van der Waals surface area contributed by atoms with Gasteiger partial charge in [-0.1, -0.05) is 20.3 Å². The summed E-state index contributed by atoms with van der Waals surface area (Å²) in [6.45, 7) is 6.26. The van der Waals surface area contributed by atoms with Crippen molar-refractivity contribution < 1.29 is 9.84 Å². The van der Waals surface area contributed by atoms with Crippen LogP contribution in [-0.2, 0) is 4.74 Å². The lowest BCUT2D eigenvalue weighted by molar-refractivity contribution is 0.0455. The molecule has 1 heterocycles. The molecule has 0 aromatic carbocycles. The molecular formula is C9H20O2. The van der Waals surface area contributed by atoms with Gasteiger partial charge in [0.1, 0.15) is 0 Å². The van der Waals surface area contributed by atoms with E-state index >= 15 is 0 Å². The van der Waals surface area contributed by atoms with E-state index in [0.29, 0.717) is 12.5 Å². The number of aliphatic hydroxyl groups excluding tert-OH is 1. The van der Waals surface area contributed by atoms with Crippen LogP contribution in [0.25, 0.3) is 0 Å². The van der Waals surface area contributed by atoms with Crippen molar-refractivity contribution in [3.05, 3.63) is 0 Å². The van der Waals surface area contributed by atoms with E-state index in [1.54, 1.807) is 0 Å². The average molecular weight is 160 g/mol. The SMILES string of the molecule is CCC.OCC1CCOCC1. The van der Waals surface area contributed by atoms with Gasteiger partial charge in [0.2, 0.25) is 0 Å². The van der Waals surface area contributed by atoms with Gasteiger partial charge in [0.15, 0.2) is 0 Å². The van der Waals surface area contributed by atoms with Gasteiger partial charge in [-0.05, 0) is 18.8 Å². The van der Waals surface area contributed by atoms with Crippen molar-refractivity contribution in [2.45, 2.75) is 33.1 Å². The number of aliphatic hydroxyl groups is 1. The fourth-order valence-electron chi connectivity index (χ4n) is 0.929. The van der Waals surface area contributed by atoms with Gasteiger partial charge in [0, 0.05) is 19.8 Å². The molecular weight excluding hydrogens is 140 g/mol. The number of hydrogen-bond acceptors (Lipinski definition) is 2. The Morgan fingerprint density at radius 3 is 2.00 bits per heavy atom. The largest absolute Gasteiger partial charge is 0.396 e. The van der Waals surface area contributed by atoms with Gasteiger partial charge in [0.25, 0.3) is 0 Å². The molecule has 2 nitrogen and oxygen atoms in total. The van der Waals surface area contributed by atoms with Crippen LogP contribution in [0.5, 0.6) is 0 Å². The molecule has 0 atom stereocenters. The monoisotopic (exact) mass is 160 g/mol. The lowest BCUT2D eigenvalue weighted by Gasteiger charge is -2.18. The van der Waals surface area contributed by atoms with E-state index in [0.717, 1.165) is 26.1 Å². The summed E-state index contributed by atoms with van der Waals surface area (Å²) in [5.74, 6) is 0.517. The molecule has 0 saturated carbocycles. The van der Waals surface area contributed by atoms with Crippen molar-refractivity contribution in [2.24, 2.45) is 5.92 Å². The molecule has 0 radical (unpaired) electrons. The van der Waals surface area contributed by atoms with Crippen LogP contribution in [0.4, 0.5) is 0 Å². The third-order valence-corrected chi connectivity index (χ3v) is 1.60. The summed E-state index contributed by atoms with van der Waals surface area (Å²) in [5.41, 5.74) is 0. The third kappa shape index (κ3) is 6.32. The van der Waals surface area contributed by atoms with Crippen LogP contribution in [-0.4, -0.2) is 24.9 Å². The maximum absolute atomic E-state index is 8.64. The van der Waals surface area contributed by atoms with Crippen LogP contribution in [0.3, 0.4) is 0 Å². The summed E-state index contributed by atoms with van der Waals surface area (Å²) in [6, 6.07) is 0. The van der Waals surface area contributed by atoms with Gasteiger partial charge in [-0.25, -0.2) is 0 Å². The number of rotatable bonds is 1. The standard InChI is InChI=1S/C6H12O2.C3H8/c7-5-6-1-3-8-4-2-6;1-3-2/h6-7H,1-5H2;3H2,1-2H3. The highest BCUT2D eigenvalue weighted by molar-refractivity contribution is 4.60. The fourth-order valence-corrected chi connectivity index (χ4v) is 0.929. The van der Waals surface area contributed by atoms with Crippen molar-refractivity contribution in [3.8, 4) is 0 Å². The minimum Gasteiger partial charge on any atom is -0.396 e. The van der Waals surface area contributed by atoms with E-state index in [1.807, 2.05) is 0 Å². The summed E-state index contributed by atoms with van der Waals surface area (Å²) in [4.78, 5) is 0. The quantitative estimate of drug-likeness (QED) is 0.634. The lowest BCUT2D eigenvalue weighted by atomic mass is 10.0. The van der Waals surface area contributed by atoms with E-state index in [1.165, 1.54) is 6.42 Å². The molecule has 1 saturated heterocycles. The van der Waals surface area contributed by atoms with Crippen molar-refractivity contribution in [1.82, 2.24) is 0 Å². The van der Waals surface area contributed by atoms with E-state index in [4.69, 9.17) is 9.84 Å². The Labute approximate surface area is 69.6 Å². The third-order valence-electron chi connectivity index (χ3n) is 1.60. The zero-order valence-electron chi connectivity index (χ0n) is 7.68. The van der Waals surface area contributed by atoms with E-state index in [2.05, 4.69) is 13.8 Å². The Morgan fingerprint density at radius 2 is 1.73 bits per heavy atom. The summed E-state index contributed by atoms with van der Waals surface area (Å²) < 4.78 is 5.09. The van der Waals surface area contributed by atoms with Crippen molar-refractivity contribution >= 4 is 0 Å². The molecule has 0 spiro atoms. The zero-order chi connectivity index (χ0) is 8.53. The van der Waals surface area contributed by atoms with Crippen LogP contribution < -0.4 is 0 Å². The van der Waals surface area contributed by atoms with E-state index < -0.39 is 0 Å². The van der Waals surface area contributed by atoms with Crippen LogP contribution >= 0.6 is 0 Å². The minimum atomic E-state index is 0.337. The fraction of sp³-hybridized carbons (Fsp3) is 1.00. The molecule has 0 aromatic rings. The van der Waals surface area contributed by atoms with Gasteiger partial charge < -0.3 is 9.84 Å². The van der Waals surface area contributed by atoms with Crippen LogP contribution in [0.15, 0.2) is 0 Å². The van der Waals surface area contributed by atoms with E-state index in [-0.39, 0.29) is 0 Å². The van der Waals surface area contributed by atoms with Gasteiger partial charge in [-0.3, -0.25) is 0 Å². The predicted molar refractivity (Wildman–Crippen MR) is 46.6 cm³/mol. The molecule has 0 aliphatic carbocycles. The molecule has 0 amide bonds. The van der Waals surface area contributed by atoms with Crippen LogP contribution in [0.2, 0.25) is 0 Å². The first-order chi connectivity index (χ1) is 5.35. The first-order valence-electron chi connectivity index (χ1n) is 4.53. The summed E-state index contributed by atoms with van der Waals surface area (Å²) in [5, 5.41) is 8.64. The Balaban J connectivity index is 0.000000292. The lowest BCUT2D eigenvalue weighted by Crippen LogP contribution is -2.18. The topological polar surface area (TPSA) is 29.5 Å². The highest BCUT2D eigenvalue weighted by Crippen LogP contribution is 2.12. The zero-order valence-corrected chi connectivity index (χ0v) is 7.68. The molecule has 0 bridgehead atoms. The van der Waals surface area contributed by atoms with Gasteiger partial charge in [0.05, 0.1) is 0 Å². The summed E-state index contributed by atoms with van der Waals surface area (Å²) >= 11 is 0. The highest BCUT2D eigenvalue weighted by atomic mass is 16.5. The van der Waals surface area contributed by atoms with Crippen molar-refractivity contribution in [1.29, 1.82) is 0 Å². The van der Waals surface area contributed by atoms with E-state index in [9.17, 15) is 0 Å². The molecule has 0 unspecified atom stereocenters. The predicted octanol–water partition coefficient (Wildman–Crippen LogP) is 1.82. The number of ether oxygens (including phenoxy) is 1. The highest BCUT2D eigenvalue weighted by Gasteiger charge is 2.11. The molecule has 0 aromatic heterocycles. The second kappa shape index (κ2) is 8.02. The molecule has 1 fully saturated rings. The molecule has 1 N–H and O–H groups in total.